The summed E-state index contributed by atoms with van der Waals surface area (Å²) in [5.74, 6) is -2.26. The van der Waals surface area contributed by atoms with Gasteiger partial charge in [0.25, 0.3) is 5.56 Å². The normalized spacial score (nSPS) is 10.6. The second-order valence-corrected chi connectivity index (χ2v) is 4.92. The van der Waals surface area contributed by atoms with Gasteiger partial charge in [0.2, 0.25) is 5.91 Å². The highest BCUT2D eigenvalue weighted by molar-refractivity contribution is 5.76. The van der Waals surface area contributed by atoms with E-state index in [2.05, 4.69) is 20.5 Å². The number of aromatic nitrogens is 3. The van der Waals surface area contributed by atoms with Gasteiger partial charge in [0.15, 0.2) is 17.5 Å². The van der Waals surface area contributed by atoms with Gasteiger partial charge in [-0.25, -0.2) is 8.78 Å². The molecule has 0 unspecified atom stereocenters. The molecule has 1 heterocycles. The lowest BCUT2D eigenvalue weighted by atomic mass is 10.2. The molecule has 2 rings (SSSR count). The summed E-state index contributed by atoms with van der Waals surface area (Å²) in [5, 5.41) is 10.2. The minimum Gasteiger partial charge on any atom is -0.383 e. The summed E-state index contributed by atoms with van der Waals surface area (Å²) in [6, 6.07) is 3.13. The van der Waals surface area contributed by atoms with Crippen molar-refractivity contribution in [3.8, 4) is 11.4 Å². The molecule has 2 N–H and O–H groups in total. The zero-order valence-corrected chi connectivity index (χ0v) is 12.9. The first kappa shape index (κ1) is 17.7. The Morgan fingerprint density at radius 2 is 2.08 bits per heavy atom. The van der Waals surface area contributed by atoms with E-state index < -0.39 is 17.2 Å². The van der Waals surface area contributed by atoms with Gasteiger partial charge in [-0.15, -0.1) is 10.2 Å². The summed E-state index contributed by atoms with van der Waals surface area (Å²) in [4.78, 5) is 26.0. The number of nitrogens with zero attached hydrogens (tertiary/aromatic N) is 2. The van der Waals surface area contributed by atoms with Crippen molar-refractivity contribution in [2.75, 3.05) is 20.3 Å². The van der Waals surface area contributed by atoms with E-state index in [-0.39, 0.29) is 35.8 Å². The smallest absolute Gasteiger partial charge is 0.273 e. The molecule has 0 radical (unpaired) electrons. The van der Waals surface area contributed by atoms with E-state index in [1.54, 1.807) is 0 Å². The molecule has 0 aliphatic heterocycles. The van der Waals surface area contributed by atoms with Crippen molar-refractivity contribution in [2.24, 2.45) is 0 Å². The summed E-state index contributed by atoms with van der Waals surface area (Å²) in [6.45, 7) is 0.779. The van der Waals surface area contributed by atoms with Crippen LogP contribution in [0.15, 0.2) is 23.0 Å². The van der Waals surface area contributed by atoms with Crippen molar-refractivity contribution < 1.29 is 18.3 Å². The number of H-pyrrole nitrogens is 1. The number of carbonyl (C=O) groups is 1. The minimum atomic E-state index is -1.05. The van der Waals surface area contributed by atoms with Crippen molar-refractivity contribution >= 4 is 5.91 Å². The van der Waals surface area contributed by atoms with Gasteiger partial charge >= 0.3 is 0 Å². The van der Waals surface area contributed by atoms with Crippen LogP contribution in [0.3, 0.4) is 0 Å². The Balaban J connectivity index is 2.03. The lowest BCUT2D eigenvalue weighted by molar-refractivity contribution is -0.121. The maximum atomic E-state index is 13.2. The topological polar surface area (TPSA) is 97.0 Å². The Morgan fingerprint density at radius 3 is 2.75 bits per heavy atom. The van der Waals surface area contributed by atoms with Crippen LogP contribution < -0.4 is 10.9 Å². The summed E-state index contributed by atoms with van der Waals surface area (Å²) in [7, 11) is 1.52. The molecule has 0 saturated heterocycles. The van der Waals surface area contributed by atoms with E-state index in [9.17, 15) is 18.4 Å². The number of benzene rings is 1. The number of hydrogen-bond donors (Lipinski definition) is 2. The van der Waals surface area contributed by atoms with Crippen LogP contribution in [0, 0.1) is 11.6 Å². The van der Waals surface area contributed by atoms with Crippen molar-refractivity contribution in [1.82, 2.24) is 20.5 Å². The van der Waals surface area contributed by atoms with Crippen LogP contribution in [-0.2, 0) is 16.0 Å². The zero-order chi connectivity index (χ0) is 17.5. The largest absolute Gasteiger partial charge is 0.383 e. The van der Waals surface area contributed by atoms with Gasteiger partial charge in [-0.05, 0) is 18.2 Å². The number of methoxy groups -OCH3 is 1. The maximum absolute atomic E-state index is 13.2. The second-order valence-electron chi connectivity index (χ2n) is 4.92. The van der Waals surface area contributed by atoms with Crippen LogP contribution in [0.1, 0.15) is 12.1 Å². The highest BCUT2D eigenvalue weighted by atomic mass is 19.2. The molecule has 0 aliphatic rings. The van der Waals surface area contributed by atoms with Gasteiger partial charge in [-0.1, -0.05) is 0 Å². The fourth-order valence-corrected chi connectivity index (χ4v) is 1.91. The molecular formula is C15H16F2N4O3. The molecule has 0 atom stereocenters. The van der Waals surface area contributed by atoms with E-state index in [0.717, 1.165) is 12.1 Å². The molecular weight excluding hydrogens is 322 g/mol. The Hall–Kier alpha value is -2.68. The molecule has 9 heteroatoms. The molecule has 7 nitrogen and oxygen atoms in total. The fourth-order valence-electron chi connectivity index (χ4n) is 1.91. The van der Waals surface area contributed by atoms with Crippen LogP contribution in [0.5, 0.6) is 0 Å². The monoisotopic (exact) mass is 338 g/mol. The molecule has 2 aromatic rings. The third-order valence-corrected chi connectivity index (χ3v) is 3.18. The van der Waals surface area contributed by atoms with Crippen molar-refractivity contribution in [1.29, 1.82) is 0 Å². The van der Waals surface area contributed by atoms with E-state index in [4.69, 9.17) is 4.74 Å². The number of aromatic amines is 1. The average Bonchev–Trinajstić information content (AvgIpc) is 2.56. The molecule has 0 bridgehead atoms. The van der Waals surface area contributed by atoms with Crippen molar-refractivity contribution in [2.45, 2.75) is 12.8 Å². The summed E-state index contributed by atoms with van der Waals surface area (Å²) >= 11 is 0. The molecule has 0 saturated carbocycles. The van der Waals surface area contributed by atoms with Crippen LogP contribution >= 0.6 is 0 Å². The number of amides is 1. The lowest BCUT2D eigenvalue weighted by Crippen LogP contribution is -2.28. The highest BCUT2D eigenvalue weighted by Gasteiger charge is 2.11. The second kappa shape index (κ2) is 8.25. The molecule has 1 amide bonds. The number of rotatable bonds is 7. The van der Waals surface area contributed by atoms with Gasteiger partial charge in [0.1, 0.15) is 5.69 Å². The zero-order valence-electron chi connectivity index (χ0n) is 12.9. The van der Waals surface area contributed by atoms with E-state index in [1.165, 1.54) is 13.2 Å². The highest BCUT2D eigenvalue weighted by Crippen LogP contribution is 2.16. The van der Waals surface area contributed by atoms with Gasteiger partial charge in [-0.2, -0.15) is 0 Å². The van der Waals surface area contributed by atoms with Crippen molar-refractivity contribution in [3.63, 3.8) is 0 Å². The van der Waals surface area contributed by atoms with Crippen LogP contribution in [0.4, 0.5) is 8.78 Å². The van der Waals surface area contributed by atoms with E-state index >= 15 is 0 Å². The first-order valence-electron chi connectivity index (χ1n) is 7.18. The van der Waals surface area contributed by atoms with E-state index in [0.29, 0.717) is 13.2 Å². The Bertz CT molecular complexity index is 780. The molecule has 1 aromatic heterocycles. The summed E-state index contributed by atoms with van der Waals surface area (Å²) in [6.07, 6.45) is 0.186. The molecule has 1 aromatic carbocycles. The SMILES string of the molecule is COCCNC(=O)CCc1nnc(-c2ccc(F)c(F)c2)[nH]c1=O. The molecule has 24 heavy (non-hydrogen) atoms. The van der Waals surface area contributed by atoms with Crippen LogP contribution in [0.25, 0.3) is 11.4 Å². The molecule has 128 valence electrons. The Kier molecular flexibility index (Phi) is 6.07. The third kappa shape index (κ3) is 4.66. The Labute approximate surface area is 136 Å². The number of aryl methyl sites for hydroxylation is 1. The maximum Gasteiger partial charge on any atom is 0.273 e. The first-order chi connectivity index (χ1) is 11.5. The molecule has 0 spiro atoms. The molecule has 0 fully saturated rings. The number of ether oxygens (including phenoxy) is 1. The minimum absolute atomic E-state index is 0.0206. The summed E-state index contributed by atoms with van der Waals surface area (Å²) < 4.78 is 30.9. The van der Waals surface area contributed by atoms with Gasteiger partial charge in [-0.3, -0.25) is 9.59 Å². The third-order valence-electron chi connectivity index (χ3n) is 3.18. The predicted octanol–water partition coefficient (Wildman–Crippen LogP) is 0.805. The lowest BCUT2D eigenvalue weighted by Gasteiger charge is -2.04. The first-order valence-corrected chi connectivity index (χ1v) is 7.18. The van der Waals surface area contributed by atoms with Crippen molar-refractivity contribution in [3.05, 3.63) is 45.9 Å². The number of hydrogen-bond acceptors (Lipinski definition) is 5. The number of carbonyl (C=O) groups excluding carboxylic acids is 1. The van der Waals surface area contributed by atoms with Crippen LogP contribution in [0.2, 0.25) is 0 Å². The van der Waals surface area contributed by atoms with Gasteiger partial charge in [0, 0.05) is 32.1 Å². The quantitative estimate of drug-likeness (QED) is 0.728. The van der Waals surface area contributed by atoms with Crippen LogP contribution in [-0.4, -0.2) is 41.3 Å². The standard InChI is InChI=1S/C15H16F2N4O3/c1-24-7-6-18-13(22)5-4-12-15(23)19-14(21-20-12)9-2-3-10(16)11(17)8-9/h2-3,8H,4-7H2,1H3,(H,18,22)(H,19,21,23). The predicted molar refractivity (Wildman–Crippen MR) is 81.2 cm³/mol. The number of halogens is 2. The fraction of sp³-hybridized carbons (Fsp3) is 0.333. The summed E-state index contributed by atoms with van der Waals surface area (Å²) in [5.41, 5.74) is -0.250. The van der Waals surface area contributed by atoms with E-state index in [1.807, 2.05) is 0 Å². The number of nitrogens with one attached hydrogen (secondary N) is 2. The Morgan fingerprint density at radius 1 is 1.29 bits per heavy atom. The van der Waals surface area contributed by atoms with Gasteiger partial charge < -0.3 is 15.0 Å². The van der Waals surface area contributed by atoms with Gasteiger partial charge in [0.05, 0.1) is 6.61 Å². The molecule has 0 aliphatic carbocycles. The average molecular weight is 338 g/mol.